The molecule has 0 radical (unpaired) electrons. The van der Waals surface area contributed by atoms with Gasteiger partial charge in [-0.2, -0.15) is 5.10 Å². The summed E-state index contributed by atoms with van der Waals surface area (Å²) in [4.78, 5) is 15.6. The lowest BCUT2D eigenvalue weighted by Gasteiger charge is -2.15. The Balaban J connectivity index is 1.65. The number of nitrogens with one attached hydrogen (secondary N) is 1. The summed E-state index contributed by atoms with van der Waals surface area (Å²) in [5.74, 6) is 0.688. The lowest BCUT2D eigenvalue weighted by atomic mass is 10.3. The molecule has 0 aliphatic carbocycles. The summed E-state index contributed by atoms with van der Waals surface area (Å²) in [6, 6.07) is 5.48. The van der Waals surface area contributed by atoms with Crippen molar-refractivity contribution in [2.45, 2.75) is 26.0 Å². The lowest BCUT2D eigenvalue weighted by molar-refractivity contribution is -0.121. The fraction of sp³-hybridized carbons (Fsp3) is 0.357. The summed E-state index contributed by atoms with van der Waals surface area (Å²) >= 11 is 0. The highest BCUT2D eigenvalue weighted by atomic mass is 16.5. The minimum atomic E-state index is -0.104. The molecule has 0 spiro atoms. The molecular weight excluding hydrogens is 256 g/mol. The highest BCUT2D eigenvalue weighted by molar-refractivity contribution is 5.75. The molecule has 2 heterocycles. The first-order valence-electron chi connectivity index (χ1n) is 6.55. The van der Waals surface area contributed by atoms with Crippen LogP contribution in [0.25, 0.3) is 0 Å². The molecule has 106 valence electrons. The van der Waals surface area contributed by atoms with E-state index in [-0.39, 0.29) is 12.0 Å². The minimum Gasteiger partial charge on any atom is -0.487 e. The zero-order valence-electron chi connectivity index (χ0n) is 11.4. The van der Waals surface area contributed by atoms with E-state index in [1.165, 1.54) is 0 Å². The number of carbonyl (C=O) groups excluding carboxylic acids is 1. The number of hydrogen-bond acceptors (Lipinski definition) is 4. The zero-order valence-corrected chi connectivity index (χ0v) is 11.4. The van der Waals surface area contributed by atoms with Crippen molar-refractivity contribution in [2.75, 3.05) is 6.54 Å². The number of ether oxygens (including phenoxy) is 1. The van der Waals surface area contributed by atoms with Crippen LogP contribution in [0.1, 0.15) is 13.3 Å². The Kier molecular flexibility index (Phi) is 5.11. The molecule has 6 heteroatoms. The fourth-order valence-electron chi connectivity index (χ4n) is 1.69. The molecule has 20 heavy (non-hydrogen) atoms. The molecule has 1 amide bonds. The maximum Gasteiger partial charge on any atom is 0.221 e. The maximum absolute atomic E-state index is 11.7. The molecular formula is C14H18N4O2. The van der Waals surface area contributed by atoms with Crippen molar-refractivity contribution in [1.82, 2.24) is 20.1 Å². The molecule has 6 nitrogen and oxygen atoms in total. The number of aromatic nitrogens is 3. The summed E-state index contributed by atoms with van der Waals surface area (Å²) in [6.45, 7) is 2.95. The van der Waals surface area contributed by atoms with Crippen LogP contribution in [0.3, 0.4) is 0 Å². The van der Waals surface area contributed by atoms with Crippen LogP contribution in [0.15, 0.2) is 43.0 Å². The molecule has 1 N–H and O–H groups in total. The van der Waals surface area contributed by atoms with Crippen LogP contribution < -0.4 is 10.1 Å². The van der Waals surface area contributed by atoms with Crippen molar-refractivity contribution in [3.8, 4) is 5.75 Å². The molecule has 1 atom stereocenters. The van der Waals surface area contributed by atoms with Gasteiger partial charge in [0.2, 0.25) is 5.91 Å². The molecule has 0 aliphatic heterocycles. The van der Waals surface area contributed by atoms with Gasteiger partial charge in [0.25, 0.3) is 0 Å². The van der Waals surface area contributed by atoms with Crippen LogP contribution in [0.2, 0.25) is 0 Å². The van der Waals surface area contributed by atoms with Crippen molar-refractivity contribution >= 4 is 5.91 Å². The first kappa shape index (κ1) is 14.0. The largest absolute Gasteiger partial charge is 0.487 e. The number of hydrogen-bond donors (Lipinski definition) is 1. The van der Waals surface area contributed by atoms with Gasteiger partial charge in [-0.1, -0.05) is 0 Å². The van der Waals surface area contributed by atoms with E-state index in [0.717, 1.165) is 0 Å². The van der Waals surface area contributed by atoms with Crippen LogP contribution in [-0.2, 0) is 11.3 Å². The summed E-state index contributed by atoms with van der Waals surface area (Å²) in [5, 5.41) is 6.88. The quantitative estimate of drug-likeness (QED) is 0.825. The first-order chi connectivity index (χ1) is 9.74. The van der Waals surface area contributed by atoms with Crippen molar-refractivity contribution in [1.29, 1.82) is 0 Å². The third-order valence-corrected chi connectivity index (χ3v) is 2.69. The normalized spacial score (nSPS) is 11.8. The molecule has 2 aromatic rings. The molecule has 0 saturated carbocycles. The maximum atomic E-state index is 11.7. The Labute approximate surface area is 117 Å². The van der Waals surface area contributed by atoms with E-state index in [4.69, 9.17) is 4.74 Å². The van der Waals surface area contributed by atoms with Crippen LogP contribution >= 0.6 is 0 Å². The second-order valence-electron chi connectivity index (χ2n) is 4.44. The predicted octanol–water partition coefficient (Wildman–Crippen LogP) is 1.25. The predicted molar refractivity (Wildman–Crippen MR) is 74.2 cm³/mol. The molecule has 2 rings (SSSR count). The molecule has 0 bridgehead atoms. The van der Waals surface area contributed by atoms with Gasteiger partial charge in [-0.25, -0.2) is 0 Å². The monoisotopic (exact) mass is 274 g/mol. The smallest absolute Gasteiger partial charge is 0.221 e. The Morgan fingerprint density at radius 2 is 2.35 bits per heavy atom. The van der Waals surface area contributed by atoms with Gasteiger partial charge in [-0.05, 0) is 25.1 Å². The van der Waals surface area contributed by atoms with E-state index in [9.17, 15) is 4.79 Å². The van der Waals surface area contributed by atoms with Crippen LogP contribution in [0.5, 0.6) is 5.75 Å². The average molecular weight is 274 g/mol. The van der Waals surface area contributed by atoms with Gasteiger partial charge < -0.3 is 10.1 Å². The third kappa shape index (κ3) is 4.72. The van der Waals surface area contributed by atoms with E-state index >= 15 is 0 Å². The standard InChI is InChI=1S/C14H18N4O2/c1-12(20-13-4-2-6-15-11-13)10-16-14(19)5-9-18-8-3-7-17-18/h2-4,6-8,11-12H,5,9-10H2,1H3,(H,16,19)/t12-/m1/s1. The number of amides is 1. The van der Waals surface area contributed by atoms with E-state index in [0.29, 0.717) is 25.3 Å². The van der Waals surface area contributed by atoms with E-state index < -0.39 is 0 Å². The van der Waals surface area contributed by atoms with Gasteiger partial charge in [0.05, 0.1) is 12.7 Å². The van der Waals surface area contributed by atoms with Crippen LogP contribution in [0.4, 0.5) is 0 Å². The number of nitrogens with zero attached hydrogens (tertiary/aromatic N) is 3. The molecule has 0 fully saturated rings. The topological polar surface area (TPSA) is 69.0 Å². The second-order valence-corrected chi connectivity index (χ2v) is 4.44. The highest BCUT2D eigenvalue weighted by Crippen LogP contribution is 2.08. The Bertz CT molecular complexity index is 513. The Hall–Kier alpha value is -2.37. The van der Waals surface area contributed by atoms with Gasteiger partial charge in [-0.3, -0.25) is 14.5 Å². The summed E-state index contributed by atoms with van der Waals surface area (Å²) in [5.41, 5.74) is 0. The summed E-state index contributed by atoms with van der Waals surface area (Å²) in [7, 11) is 0. The summed E-state index contributed by atoms with van der Waals surface area (Å²) < 4.78 is 7.35. The van der Waals surface area contributed by atoms with Crippen molar-refractivity contribution in [2.24, 2.45) is 0 Å². The number of aryl methyl sites for hydroxylation is 1. The Morgan fingerprint density at radius 1 is 1.45 bits per heavy atom. The van der Waals surface area contributed by atoms with E-state index in [1.807, 2.05) is 31.3 Å². The van der Waals surface area contributed by atoms with Gasteiger partial charge in [0.1, 0.15) is 11.9 Å². The minimum absolute atomic E-state index is 0.0119. The zero-order chi connectivity index (χ0) is 14.2. The summed E-state index contributed by atoms with van der Waals surface area (Å²) in [6.07, 6.45) is 7.17. The third-order valence-electron chi connectivity index (χ3n) is 2.69. The van der Waals surface area contributed by atoms with Crippen LogP contribution in [0, 0.1) is 0 Å². The lowest BCUT2D eigenvalue weighted by Crippen LogP contribution is -2.34. The van der Waals surface area contributed by atoms with Gasteiger partial charge in [0, 0.05) is 31.6 Å². The SMILES string of the molecule is C[C@H](CNC(=O)CCn1cccn1)Oc1cccnc1. The number of rotatable bonds is 7. The molecule has 0 unspecified atom stereocenters. The van der Waals surface area contributed by atoms with Crippen molar-refractivity contribution in [3.63, 3.8) is 0 Å². The molecule has 0 saturated heterocycles. The van der Waals surface area contributed by atoms with Crippen molar-refractivity contribution in [3.05, 3.63) is 43.0 Å². The van der Waals surface area contributed by atoms with Crippen LogP contribution in [-0.4, -0.2) is 33.3 Å². The number of carbonyl (C=O) groups is 1. The van der Waals surface area contributed by atoms with Gasteiger partial charge in [0.15, 0.2) is 0 Å². The highest BCUT2D eigenvalue weighted by Gasteiger charge is 2.07. The molecule has 0 aromatic carbocycles. The average Bonchev–Trinajstić information content (AvgIpc) is 2.97. The van der Waals surface area contributed by atoms with Gasteiger partial charge >= 0.3 is 0 Å². The van der Waals surface area contributed by atoms with E-state index in [1.54, 1.807) is 23.3 Å². The van der Waals surface area contributed by atoms with Gasteiger partial charge in [-0.15, -0.1) is 0 Å². The molecule has 2 aromatic heterocycles. The molecule has 0 aliphatic rings. The van der Waals surface area contributed by atoms with Crippen molar-refractivity contribution < 1.29 is 9.53 Å². The second kappa shape index (κ2) is 7.28. The Morgan fingerprint density at radius 3 is 3.05 bits per heavy atom. The van der Waals surface area contributed by atoms with E-state index in [2.05, 4.69) is 15.4 Å². The number of pyridine rings is 1. The first-order valence-corrected chi connectivity index (χ1v) is 6.55. The fourth-order valence-corrected chi connectivity index (χ4v) is 1.69.